The van der Waals surface area contributed by atoms with Crippen molar-refractivity contribution in [3.05, 3.63) is 70.8 Å². The van der Waals surface area contributed by atoms with Crippen LogP contribution >= 0.6 is 11.6 Å². The zero-order valence-corrected chi connectivity index (χ0v) is 13.3. The second-order valence-electron chi connectivity index (χ2n) is 5.03. The van der Waals surface area contributed by atoms with E-state index in [0.29, 0.717) is 18.0 Å². The Morgan fingerprint density at radius 3 is 2.79 bits per heavy atom. The van der Waals surface area contributed by atoms with Gasteiger partial charge >= 0.3 is 11.8 Å². The highest BCUT2D eigenvalue weighted by Gasteiger charge is 2.17. The first-order valence-corrected chi connectivity index (χ1v) is 7.62. The molecule has 24 heavy (non-hydrogen) atoms. The molecule has 0 aliphatic heterocycles. The molecule has 7 heteroatoms. The first-order valence-electron chi connectivity index (χ1n) is 7.24. The molecule has 1 aromatic heterocycles. The lowest BCUT2D eigenvalue weighted by Crippen LogP contribution is -2.26. The summed E-state index contributed by atoms with van der Waals surface area (Å²) in [5.41, 5.74) is 1.16. The third-order valence-electron chi connectivity index (χ3n) is 3.31. The van der Waals surface area contributed by atoms with Crippen LogP contribution in [0.2, 0.25) is 5.02 Å². The molecule has 0 radical (unpaired) electrons. The van der Waals surface area contributed by atoms with E-state index in [1.54, 1.807) is 18.2 Å². The van der Waals surface area contributed by atoms with E-state index >= 15 is 0 Å². The summed E-state index contributed by atoms with van der Waals surface area (Å²) in [7, 11) is 0. The van der Waals surface area contributed by atoms with E-state index in [-0.39, 0.29) is 17.3 Å². The topological polar surface area (TPSA) is 68.0 Å². The number of hydrogen-bond acceptors (Lipinski definition) is 4. The maximum atomic E-state index is 13.7. The minimum absolute atomic E-state index is 0.0342. The maximum Gasteiger partial charge on any atom is 0.308 e. The Morgan fingerprint density at radius 2 is 2.00 bits per heavy atom. The molecule has 0 aliphatic rings. The third-order valence-corrected chi connectivity index (χ3v) is 3.55. The van der Waals surface area contributed by atoms with E-state index in [2.05, 4.69) is 15.5 Å². The molecule has 1 heterocycles. The summed E-state index contributed by atoms with van der Waals surface area (Å²) in [5, 5.41) is 10.7. The Labute approximate surface area is 142 Å². The van der Waals surface area contributed by atoms with E-state index in [9.17, 15) is 9.18 Å². The van der Waals surface area contributed by atoms with Crippen LogP contribution in [0.4, 0.5) is 4.39 Å². The summed E-state index contributed by atoms with van der Waals surface area (Å²) < 4.78 is 18.9. The van der Waals surface area contributed by atoms with Gasteiger partial charge < -0.3 is 9.73 Å². The molecular formula is C17H13ClFN3O2. The molecule has 0 fully saturated rings. The molecule has 5 nitrogen and oxygen atoms in total. The van der Waals surface area contributed by atoms with Gasteiger partial charge in [0.15, 0.2) is 0 Å². The van der Waals surface area contributed by atoms with Gasteiger partial charge in [0.2, 0.25) is 0 Å². The van der Waals surface area contributed by atoms with Gasteiger partial charge in [-0.2, -0.15) is 0 Å². The molecule has 1 amide bonds. The first kappa shape index (κ1) is 16.1. The molecular weight excluding hydrogens is 333 g/mol. The number of benzene rings is 2. The van der Waals surface area contributed by atoms with Crippen LogP contribution in [0, 0.1) is 5.82 Å². The summed E-state index contributed by atoms with van der Waals surface area (Å²) in [6.45, 7) is 0.386. The molecule has 0 aliphatic carbocycles. The van der Waals surface area contributed by atoms with Crippen molar-refractivity contribution in [1.82, 2.24) is 15.5 Å². The minimum atomic E-state index is -0.507. The molecule has 122 valence electrons. The number of hydrogen-bond donors (Lipinski definition) is 1. The molecule has 1 N–H and O–H groups in total. The fraction of sp³-hybridized carbons (Fsp3) is 0.118. The van der Waals surface area contributed by atoms with Crippen LogP contribution in [0.1, 0.15) is 16.2 Å². The van der Waals surface area contributed by atoms with Gasteiger partial charge in [-0.3, -0.25) is 4.79 Å². The predicted octanol–water partition coefficient (Wildman–Crippen LogP) is 3.50. The van der Waals surface area contributed by atoms with Crippen LogP contribution in [0.15, 0.2) is 52.9 Å². The van der Waals surface area contributed by atoms with Crippen molar-refractivity contribution in [2.45, 2.75) is 6.42 Å². The van der Waals surface area contributed by atoms with Crippen LogP contribution in [-0.2, 0) is 6.42 Å². The van der Waals surface area contributed by atoms with Crippen molar-refractivity contribution < 1.29 is 13.6 Å². The maximum absolute atomic E-state index is 13.7. The number of carbonyl (C=O) groups is 1. The lowest BCUT2D eigenvalue weighted by molar-refractivity contribution is 0.0920. The molecule has 0 spiro atoms. The van der Waals surface area contributed by atoms with Gasteiger partial charge in [0, 0.05) is 11.6 Å². The number of amides is 1. The molecule has 0 saturated carbocycles. The van der Waals surface area contributed by atoms with Crippen LogP contribution in [-0.4, -0.2) is 22.6 Å². The van der Waals surface area contributed by atoms with Crippen molar-refractivity contribution in [2.75, 3.05) is 6.54 Å². The third kappa shape index (κ3) is 3.78. The highest BCUT2D eigenvalue weighted by molar-refractivity contribution is 6.30. The molecule has 2 aromatic carbocycles. The molecule has 3 rings (SSSR count). The molecule has 0 bridgehead atoms. The van der Waals surface area contributed by atoms with Crippen molar-refractivity contribution in [3.8, 4) is 11.5 Å². The van der Waals surface area contributed by atoms with Crippen LogP contribution < -0.4 is 5.32 Å². The van der Waals surface area contributed by atoms with Crippen molar-refractivity contribution >= 4 is 17.5 Å². The molecule has 0 unspecified atom stereocenters. The summed E-state index contributed by atoms with van der Waals surface area (Å²) in [6, 6.07) is 13.4. The van der Waals surface area contributed by atoms with Crippen LogP contribution in [0.25, 0.3) is 11.5 Å². The van der Waals surface area contributed by atoms with Crippen molar-refractivity contribution in [3.63, 3.8) is 0 Å². The van der Waals surface area contributed by atoms with Gasteiger partial charge in [-0.05, 0) is 36.2 Å². The van der Waals surface area contributed by atoms with Crippen molar-refractivity contribution in [1.29, 1.82) is 0 Å². The fourth-order valence-electron chi connectivity index (χ4n) is 2.15. The SMILES string of the molecule is O=C(NCCc1cccc(Cl)c1)c1nnc(-c2ccccc2F)o1. The van der Waals surface area contributed by atoms with Gasteiger partial charge in [-0.1, -0.05) is 35.9 Å². The monoisotopic (exact) mass is 345 g/mol. The molecule has 3 aromatic rings. The van der Waals surface area contributed by atoms with Crippen molar-refractivity contribution in [2.24, 2.45) is 0 Å². The second-order valence-corrected chi connectivity index (χ2v) is 5.46. The Kier molecular flexibility index (Phi) is 4.86. The zero-order valence-electron chi connectivity index (χ0n) is 12.5. The Morgan fingerprint density at radius 1 is 1.17 bits per heavy atom. The summed E-state index contributed by atoms with van der Waals surface area (Å²) in [6.07, 6.45) is 0.612. The van der Waals surface area contributed by atoms with Crippen LogP contribution in [0.5, 0.6) is 0 Å². The normalized spacial score (nSPS) is 10.6. The highest BCUT2D eigenvalue weighted by Crippen LogP contribution is 2.20. The zero-order chi connectivity index (χ0) is 16.9. The molecule has 0 atom stereocenters. The van der Waals surface area contributed by atoms with Gasteiger partial charge in [0.25, 0.3) is 5.89 Å². The highest BCUT2D eigenvalue weighted by atomic mass is 35.5. The number of aromatic nitrogens is 2. The molecule has 0 saturated heterocycles. The second kappa shape index (κ2) is 7.23. The van der Waals surface area contributed by atoms with E-state index in [4.69, 9.17) is 16.0 Å². The summed E-state index contributed by atoms with van der Waals surface area (Å²) in [5.74, 6) is -1.24. The average Bonchev–Trinajstić information content (AvgIpc) is 3.05. The fourth-order valence-corrected chi connectivity index (χ4v) is 2.36. The smallest absolute Gasteiger partial charge is 0.308 e. The van der Waals surface area contributed by atoms with Gasteiger partial charge in [-0.15, -0.1) is 10.2 Å². The lowest BCUT2D eigenvalue weighted by atomic mass is 10.1. The standard InChI is InChI=1S/C17H13ClFN3O2/c18-12-5-3-4-11(10-12)8-9-20-15(23)17-22-21-16(24-17)13-6-1-2-7-14(13)19/h1-7,10H,8-9H2,(H,20,23). The van der Waals surface area contributed by atoms with E-state index in [1.807, 2.05) is 18.2 Å². The van der Waals surface area contributed by atoms with Gasteiger partial charge in [-0.25, -0.2) is 4.39 Å². The average molecular weight is 346 g/mol. The summed E-state index contributed by atoms with van der Waals surface area (Å²) in [4.78, 5) is 12.0. The Hall–Kier alpha value is -2.73. The lowest BCUT2D eigenvalue weighted by Gasteiger charge is -2.03. The minimum Gasteiger partial charge on any atom is -0.412 e. The van der Waals surface area contributed by atoms with E-state index < -0.39 is 11.7 Å². The van der Waals surface area contributed by atoms with Gasteiger partial charge in [0.05, 0.1) is 5.56 Å². The Balaban J connectivity index is 1.61. The number of nitrogens with zero attached hydrogens (tertiary/aromatic N) is 2. The first-order chi connectivity index (χ1) is 11.6. The number of carbonyl (C=O) groups excluding carboxylic acids is 1. The number of halogens is 2. The predicted molar refractivity (Wildman–Crippen MR) is 87.2 cm³/mol. The summed E-state index contributed by atoms with van der Waals surface area (Å²) >= 11 is 5.90. The number of rotatable bonds is 5. The Bertz CT molecular complexity index is 866. The van der Waals surface area contributed by atoms with Gasteiger partial charge in [0.1, 0.15) is 5.82 Å². The quantitative estimate of drug-likeness (QED) is 0.768. The van der Waals surface area contributed by atoms with E-state index in [0.717, 1.165) is 5.56 Å². The number of nitrogens with one attached hydrogen (secondary N) is 1. The van der Waals surface area contributed by atoms with Crippen LogP contribution in [0.3, 0.4) is 0 Å². The largest absolute Gasteiger partial charge is 0.412 e. The van der Waals surface area contributed by atoms with E-state index in [1.165, 1.54) is 12.1 Å².